The van der Waals surface area contributed by atoms with Crippen LogP contribution in [0.1, 0.15) is 50.4 Å². The van der Waals surface area contributed by atoms with E-state index in [1.54, 1.807) is 0 Å². The maximum Gasteiger partial charge on any atom is 0.226 e. The van der Waals surface area contributed by atoms with Crippen molar-refractivity contribution in [1.29, 1.82) is 0 Å². The molecule has 6 heteroatoms. The third kappa shape index (κ3) is 5.19. The highest BCUT2D eigenvalue weighted by molar-refractivity contribution is 6.29. The minimum Gasteiger partial charge on any atom is -0.366 e. The lowest BCUT2D eigenvalue weighted by molar-refractivity contribution is -0.117. The molecule has 144 valence electrons. The summed E-state index contributed by atoms with van der Waals surface area (Å²) in [5, 5.41) is 3.50. The lowest BCUT2D eigenvalue weighted by Gasteiger charge is -2.31. The van der Waals surface area contributed by atoms with Crippen LogP contribution in [-0.2, 0) is 17.8 Å². The summed E-state index contributed by atoms with van der Waals surface area (Å²) >= 11 is 5.89. The van der Waals surface area contributed by atoms with Crippen LogP contribution in [0.5, 0.6) is 0 Å². The summed E-state index contributed by atoms with van der Waals surface area (Å²) in [6.45, 7) is 9.92. The maximum atomic E-state index is 12.3. The van der Waals surface area contributed by atoms with Gasteiger partial charge in [-0.15, -0.1) is 0 Å². The lowest BCUT2D eigenvalue weighted by atomic mass is 9.92. The number of fused-ring (bicyclic) bond motifs is 1. The number of carbonyl (C=O) groups excluding carboxylic acids is 1. The Labute approximate surface area is 166 Å². The van der Waals surface area contributed by atoms with Crippen LogP contribution in [-0.4, -0.2) is 22.4 Å². The van der Waals surface area contributed by atoms with Gasteiger partial charge in [0.15, 0.2) is 0 Å². The van der Waals surface area contributed by atoms with Crippen molar-refractivity contribution < 1.29 is 4.79 Å². The number of aromatic nitrogens is 2. The van der Waals surface area contributed by atoms with Gasteiger partial charge in [-0.2, -0.15) is 0 Å². The van der Waals surface area contributed by atoms with Gasteiger partial charge in [0.25, 0.3) is 0 Å². The van der Waals surface area contributed by atoms with E-state index in [1.165, 1.54) is 0 Å². The summed E-state index contributed by atoms with van der Waals surface area (Å²) in [6.07, 6.45) is 4.26. The molecule has 1 N–H and O–H groups in total. The van der Waals surface area contributed by atoms with Gasteiger partial charge in [0, 0.05) is 25.7 Å². The molecule has 0 bridgehead atoms. The molecular weight excluding hydrogens is 360 g/mol. The van der Waals surface area contributed by atoms with Crippen LogP contribution in [0, 0.1) is 12.3 Å². The lowest BCUT2D eigenvalue weighted by Crippen LogP contribution is -2.30. The average molecular weight is 387 g/mol. The third-order valence-corrected chi connectivity index (χ3v) is 4.79. The Morgan fingerprint density at radius 1 is 1.33 bits per heavy atom. The fourth-order valence-electron chi connectivity index (χ4n) is 3.32. The number of aryl methyl sites for hydroxylation is 2. The van der Waals surface area contributed by atoms with E-state index < -0.39 is 0 Å². The number of hydrogen-bond donors (Lipinski definition) is 1. The van der Waals surface area contributed by atoms with E-state index in [0.717, 1.165) is 48.4 Å². The van der Waals surface area contributed by atoms with Gasteiger partial charge >= 0.3 is 0 Å². The van der Waals surface area contributed by atoms with E-state index in [9.17, 15) is 4.79 Å². The molecule has 1 aliphatic rings. The Balaban J connectivity index is 1.79. The Hall–Kier alpha value is -2.14. The summed E-state index contributed by atoms with van der Waals surface area (Å²) in [5.74, 6) is 0.691. The predicted molar refractivity (Wildman–Crippen MR) is 110 cm³/mol. The highest BCUT2D eigenvalue weighted by Crippen LogP contribution is 2.31. The summed E-state index contributed by atoms with van der Waals surface area (Å²) in [5.41, 5.74) is 4.24. The summed E-state index contributed by atoms with van der Waals surface area (Å²) in [6, 6.07) is 5.96. The van der Waals surface area contributed by atoms with Crippen LogP contribution in [0.15, 0.2) is 24.4 Å². The molecule has 0 fully saturated rings. The summed E-state index contributed by atoms with van der Waals surface area (Å²) in [7, 11) is 0. The van der Waals surface area contributed by atoms with E-state index in [-0.39, 0.29) is 11.3 Å². The molecule has 2 aromatic rings. The minimum absolute atomic E-state index is 0.0120. The molecule has 2 aromatic heterocycles. The van der Waals surface area contributed by atoms with Gasteiger partial charge in [-0.05, 0) is 48.4 Å². The fraction of sp³-hybridized carbons (Fsp3) is 0.476. The molecule has 5 nitrogen and oxygen atoms in total. The van der Waals surface area contributed by atoms with Crippen LogP contribution in [0.3, 0.4) is 0 Å². The summed E-state index contributed by atoms with van der Waals surface area (Å²) in [4.78, 5) is 23.6. The van der Waals surface area contributed by atoms with Gasteiger partial charge in [-0.3, -0.25) is 4.79 Å². The molecule has 0 aromatic carbocycles. The van der Waals surface area contributed by atoms with E-state index in [1.807, 2.05) is 25.3 Å². The van der Waals surface area contributed by atoms with Gasteiger partial charge in [-0.1, -0.05) is 38.4 Å². The van der Waals surface area contributed by atoms with Crippen molar-refractivity contribution in [2.45, 2.75) is 53.5 Å². The van der Waals surface area contributed by atoms with Crippen molar-refractivity contribution in [1.82, 2.24) is 9.97 Å². The molecule has 27 heavy (non-hydrogen) atoms. The number of amides is 1. The molecular formula is C21H27ClN4O. The smallest absolute Gasteiger partial charge is 0.226 e. The van der Waals surface area contributed by atoms with Crippen molar-refractivity contribution in [2.24, 2.45) is 5.41 Å². The van der Waals surface area contributed by atoms with Gasteiger partial charge < -0.3 is 10.2 Å². The normalized spacial score (nSPS) is 14.0. The SMILES string of the molecule is Cc1cc2c(nc1NC(=O)CC(C)(C)C)CCCN2Cc1ccc(Cl)nc1. The fourth-order valence-corrected chi connectivity index (χ4v) is 3.43. The Morgan fingerprint density at radius 3 is 2.78 bits per heavy atom. The van der Waals surface area contributed by atoms with E-state index in [0.29, 0.717) is 17.4 Å². The monoisotopic (exact) mass is 386 g/mol. The van der Waals surface area contributed by atoms with Crippen molar-refractivity contribution in [2.75, 3.05) is 16.8 Å². The van der Waals surface area contributed by atoms with E-state index in [4.69, 9.17) is 16.6 Å². The van der Waals surface area contributed by atoms with E-state index >= 15 is 0 Å². The zero-order valence-electron chi connectivity index (χ0n) is 16.5. The largest absolute Gasteiger partial charge is 0.366 e. The molecule has 3 heterocycles. The second-order valence-corrected chi connectivity index (χ2v) is 8.81. The molecule has 0 atom stereocenters. The Morgan fingerprint density at radius 2 is 2.11 bits per heavy atom. The van der Waals surface area contributed by atoms with Crippen molar-refractivity contribution in [3.05, 3.63) is 46.4 Å². The first-order valence-corrected chi connectivity index (χ1v) is 9.75. The van der Waals surface area contributed by atoms with Crippen molar-refractivity contribution in [3.8, 4) is 0 Å². The minimum atomic E-state index is -0.0460. The first-order valence-electron chi connectivity index (χ1n) is 9.37. The van der Waals surface area contributed by atoms with Gasteiger partial charge in [0.05, 0.1) is 11.4 Å². The maximum absolute atomic E-state index is 12.3. The van der Waals surface area contributed by atoms with Crippen LogP contribution < -0.4 is 10.2 Å². The Kier molecular flexibility index (Phi) is 5.70. The van der Waals surface area contributed by atoms with Crippen LogP contribution in [0.25, 0.3) is 0 Å². The molecule has 0 saturated carbocycles. The number of nitrogens with one attached hydrogen (secondary N) is 1. The zero-order chi connectivity index (χ0) is 19.6. The second kappa shape index (κ2) is 7.85. The predicted octanol–water partition coefficient (Wildman–Crippen LogP) is 4.77. The zero-order valence-corrected chi connectivity index (χ0v) is 17.2. The quantitative estimate of drug-likeness (QED) is 0.769. The molecule has 0 radical (unpaired) electrons. The number of pyridine rings is 2. The van der Waals surface area contributed by atoms with Crippen LogP contribution in [0.2, 0.25) is 5.15 Å². The van der Waals surface area contributed by atoms with E-state index in [2.05, 4.69) is 42.0 Å². The molecule has 0 unspecified atom stereocenters. The topological polar surface area (TPSA) is 58.1 Å². The number of halogens is 1. The number of anilines is 2. The van der Waals surface area contributed by atoms with Crippen LogP contribution >= 0.6 is 11.6 Å². The van der Waals surface area contributed by atoms with Gasteiger partial charge in [0.2, 0.25) is 5.91 Å². The highest BCUT2D eigenvalue weighted by Gasteiger charge is 2.22. The second-order valence-electron chi connectivity index (χ2n) is 8.42. The molecule has 1 aliphatic heterocycles. The molecule has 0 saturated heterocycles. The Bertz CT molecular complexity index is 827. The average Bonchev–Trinajstić information content (AvgIpc) is 2.56. The first-order chi connectivity index (χ1) is 12.7. The van der Waals surface area contributed by atoms with Crippen molar-refractivity contribution >= 4 is 29.0 Å². The van der Waals surface area contributed by atoms with Crippen molar-refractivity contribution in [3.63, 3.8) is 0 Å². The molecule has 0 spiro atoms. The summed E-state index contributed by atoms with van der Waals surface area (Å²) < 4.78 is 0. The number of carbonyl (C=O) groups is 1. The van der Waals surface area contributed by atoms with Gasteiger partial charge in [-0.25, -0.2) is 9.97 Å². The molecule has 3 rings (SSSR count). The highest BCUT2D eigenvalue weighted by atomic mass is 35.5. The number of rotatable bonds is 4. The van der Waals surface area contributed by atoms with Crippen LogP contribution in [0.4, 0.5) is 11.5 Å². The third-order valence-electron chi connectivity index (χ3n) is 4.56. The van der Waals surface area contributed by atoms with Gasteiger partial charge in [0.1, 0.15) is 11.0 Å². The molecule has 0 aliphatic carbocycles. The number of nitrogens with zero attached hydrogens (tertiary/aromatic N) is 3. The number of hydrogen-bond acceptors (Lipinski definition) is 4. The standard InChI is InChI=1S/C21H27ClN4O/c1-14-10-17-16(24-20(14)25-19(27)11-21(2,3)4)6-5-9-26(17)13-15-7-8-18(22)23-12-15/h7-8,10,12H,5-6,9,11,13H2,1-4H3,(H,24,25,27). The molecule has 1 amide bonds. The first kappa shape index (κ1) is 19.6.